The van der Waals surface area contributed by atoms with E-state index in [2.05, 4.69) is 55.2 Å². The van der Waals surface area contributed by atoms with E-state index in [1.807, 2.05) is 18.2 Å². The van der Waals surface area contributed by atoms with E-state index in [4.69, 9.17) is 4.74 Å². The molecule has 0 saturated heterocycles. The van der Waals surface area contributed by atoms with Gasteiger partial charge in [0.1, 0.15) is 11.4 Å². The quantitative estimate of drug-likeness (QED) is 0.722. The number of para-hydroxylation sites is 1. The lowest BCUT2D eigenvalue weighted by Gasteiger charge is -2.45. The van der Waals surface area contributed by atoms with Gasteiger partial charge in [0.15, 0.2) is 0 Å². The molecular weight excluding hydrogens is 288 g/mol. The van der Waals surface area contributed by atoms with E-state index in [-0.39, 0.29) is 5.41 Å². The van der Waals surface area contributed by atoms with Crippen LogP contribution in [0, 0.1) is 4.91 Å². The molecule has 0 saturated carbocycles. The first-order valence-corrected chi connectivity index (χ1v) is 7.68. The highest BCUT2D eigenvalue weighted by molar-refractivity contribution is 5.73. The number of likely N-dealkylation sites (N-methyl/N-ethyl adjacent to an activating group) is 1. The second-order valence-corrected chi connectivity index (χ2v) is 6.65. The fourth-order valence-electron chi connectivity index (χ4n) is 3.82. The van der Waals surface area contributed by atoms with Gasteiger partial charge in [-0.05, 0) is 61.0 Å². The fraction of sp³-hybridized carbons (Fsp3) is 0.263. The van der Waals surface area contributed by atoms with Crippen LogP contribution < -0.4 is 9.64 Å². The molecule has 0 aromatic heterocycles. The molecule has 2 aromatic rings. The molecule has 2 aliphatic heterocycles. The van der Waals surface area contributed by atoms with Crippen molar-refractivity contribution in [2.45, 2.75) is 25.0 Å². The van der Waals surface area contributed by atoms with Crippen molar-refractivity contribution in [1.82, 2.24) is 0 Å². The van der Waals surface area contributed by atoms with Crippen molar-refractivity contribution in [2.24, 2.45) is 5.18 Å². The van der Waals surface area contributed by atoms with E-state index in [0.717, 1.165) is 11.3 Å². The summed E-state index contributed by atoms with van der Waals surface area (Å²) in [5, 5.41) is 2.99. The molecule has 2 heterocycles. The molecule has 0 fully saturated rings. The number of nitrogens with zero attached hydrogens (tertiary/aromatic N) is 2. The summed E-state index contributed by atoms with van der Waals surface area (Å²) < 4.78 is 6.49. The van der Waals surface area contributed by atoms with Gasteiger partial charge in [-0.25, -0.2) is 0 Å². The number of rotatable bonds is 1. The lowest BCUT2D eigenvalue weighted by Crippen LogP contribution is -2.58. The van der Waals surface area contributed by atoms with Gasteiger partial charge in [0, 0.05) is 18.3 Å². The molecule has 1 atom stereocenters. The third-order valence-corrected chi connectivity index (χ3v) is 5.19. The SMILES string of the molecule is CN1c2ccccc2C(C)(C)[C@]12C=Cc1cc(N=O)ccc1O2. The summed E-state index contributed by atoms with van der Waals surface area (Å²) in [6.45, 7) is 4.40. The van der Waals surface area contributed by atoms with Gasteiger partial charge >= 0.3 is 0 Å². The van der Waals surface area contributed by atoms with E-state index >= 15 is 0 Å². The summed E-state index contributed by atoms with van der Waals surface area (Å²) in [7, 11) is 2.06. The van der Waals surface area contributed by atoms with Crippen molar-refractivity contribution in [1.29, 1.82) is 0 Å². The highest BCUT2D eigenvalue weighted by Gasteiger charge is 2.57. The highest BCUT2D eigenvalue weighted by Crippen LogP contribution is 2.54. The van der Waals surface area contributed by atoms with Crippen LogP contribution in [0.5, 0.6) is 5.75 Å². The Kier molecular flexibility index (Phi) is 2.71. The lowest BCUT2D eigenvalue weighted by atomic mass is 9.76. The largest absolute Gasteiger partial charge is 0.463 e. The van der Waals surface area contributed by atoms with Gasteiger partial charge in [-0.15, -0.1) is 4.91 Å². The van der Waals surface area contributed by atoms with Crippen molar-refractivity contribution in [2.75, 3.05) is 11.9 Å². The van der Waals surface area contributed by atoms with E-state index in [9.17, 15) is 4.91 Å². The molecule has 0 bridgehead atoms. The normalized spacial score (nSPS) is 23.3. The number of hydrogen-bond acceptors (Lipinski definition) is 4. The maximum absolute atomic E-state index is 10.7. The standard InChI is InChI=1S/C19H18N2O2/c1-18(2)15-6-4-5-7-16(15)21(3)19(18)11-10-13-12-14(20-22)8-9-17(13)23-19/h4-12H,1-3H3/t19-/m1/s1. The molecule has 0 aliphatic carbocycles. The van der Waals surface area contributed by atoms with Crippen LogP contribution in [0.2, 0.25) is 0 Å². The molecule has 0 unspecified atom stereocenters. The first-order chi connectivity index (χ1) is 11.0. The zero-order chi connectivity index (χ0) is 16.2. The second kappa shape index (κ2) is 4.44. The molecule has 0 amide bonds. The number of hydrogen-bond donors (Lipinski definition) is 0. The van der Waals surface area contributed by atoms with Crippen molar-refractivity contribution in [3.8, 4) is 5.75 Å². The lowest BCUT2D eigenvalue weighted by molar-refractivity contribution is 0.0582. The van der Waals surface area contributed by atoms with Gasteiger partial charge in [-0.3, -0.25) is 0 Å². The third-order valence-electron chi connectivity index (χ3n) is 5.19. The maximum atomic E-state index is 10.7. The van der Waals surface area contributed by atoms with Gasteiger partial charge in [0.05, 0.1) is 5.41 Å². The third kappa shape index (κ3) is 1.66. The number of anilines is 1. The molecule has 1 spiro atoms. The Morgan fingerprint density at radius 3 is 2.65 bits per heavy atom. The van der Waals surface area contributed by atoms with Gasteiger partial charge in [-0.2, -0.15) is 0 Å². The Morgan fingerprint density at radius 1 is 1.13 bits per heavy atom. The van der Waals surface area contributed by atoms with E-state index in [1.54, 1.807) is 12.1 Å². The molecule has 2 aliphatic rings. The summed E-state index contributed by atoms with van der Waals surface area (Å²) in [4.78, 5) is 12.9. The molecule has 23 heavy (non-hydrogen) atoms. The number of fused-ring (bicyclic) bond motifs is 2. The Hall–Kier alpha value is -2.62. The number of nitroso groups, excluding NO2 is 1. The van der Waals surface area contributed by atoms with Crippen LogP contribution in [0.1, 0.15) is 25.0 Å². The molecule has 0 N–H and O–H groups in total. The van der Waals surface area contributed by atoms with Crippen molar-refractivity contribution in [3.05, 3.63) is 64.6 Å². The van der Waals surface area contributed by atoms with Crippen LogP contribution in [0.25, 0.3) is 6.08 Å². The first-order valence-electron chi connectivity index (χ1n) is 7.68. The predicted molar refractivity (Wildman–Crippen MR) is 92.2 cm³/mol. The molecule has 4 rings (SSSR count). The Balaban J connectivity index is 1.87. The zero-order valence-corrected chi connectivity index (χ0v) is 13.4. The fourth-order valence-corrected chi connectivity index (χ4v) is 3.82. The van der Waals surface area contributed by atoms with Crippen molar-refractivity contribution < 1.29 is 4.74 Å². The molecule has 4 heteroatoms. The van der Waals surface area contributed by atoms with Gasteiger partial charge in [0.2, 0.25) is 5.72 Å². The van der Waals surface area contributed by atoms with E-state index in [0.29, 0.717) is 5.69 Å². The zero-order valence-electron chi connectivity index (χ0n) is 13.4. The topological polar surface area (TPSA) is 41.9 Å². The minimum Gasteiger partial charge on any atom is -0.463 e. The number of ether oxygens (including phenoxy) is 1. The average molecular weight is 306 g/mol. The van der Waals surface area contributed by atoms with E-state index < -0.39 is 5.72 Å². The first kappa shape index (κ1) is 14.0. The number of benzene rings is 2. The summed E-state index contributed by atoms with van der Waals surface area (Å²) in [5.41, 5.74) is 2.94. The summed E-state index contributed by atoms with van der Waals surface area (Å²) in [6.07, 6.45) is 4.11. The molecule has 0 radical (unpaired) electrons. The minimum atomic E-state index is -0.584. The van der Waals surface area contributed by atoms with Crippen LogP contribution in [0.15, 0.2) is 53.7 Å². The smallest absolute Gasteiger partial charge is 0.211 e. The van der Waals surface area contributed by atoms with Crippen LogP contribution in [0.4, 0.5) is 11.4 Å². The molecule has 116 valence electrons. The van der Waals surface area contributed by atoms with Crippen molar-refractivity contribution in [3.63, 3.8) is 0 Å². The highest BCUT2D eigenvalue weighted by atomic mass is 16.5. The van der Waals surface area contributed by atoms with Gasteiger partial charge in [0.25, 0.3) is 0 Å². The van der Waals surface area contributed by atoms with Crippen LogP contribution in [-0.4, -0.2) is 12.8 Å². The minimum absolute atomic E-state index is 0.214. The van der Waals surface area contributed by atoms with E-state index in [1.165, 1.54) is 11.3 Å². The summed E-state index contributed by atoms with van der Waals surface area (Å²) in [6, 6.07) is 13.7. The Bertz CT molecular complexity index is 841. The van der Waals surface area contributed by atoms with Crippen LogP contribution >= 0.6 is 0 Å². The van der Waals surface area contributed by atoms with Crippen LogP contribution in [0.3, 0.4) is 0 Å². The summed E-state index contributed by atoms with van der Waals surface area (Å²) in [5.74, 6) is 0.771. The van der Waals surface area contributed by atoms with Gasteiger partial charge in [-0.1, -0.05) is 18.2 Å². The Labute approximate surface area is 135 Å². The summed E-state index contributed by atoms with van der Waals surface area (Å²) >= 11 is 0. The average Bonchev–Trinajstić information content (AvgIpc) is 2.74. The van der Waals surface area contributed by atoms with Gasteiger partial charge < -0.3 is 9.64 Å². The van der Waals surface area contributed by atoms with Crippen molar-refractivity contribution >= 4 is 17.5 Å². The second-order valence-electron chi connectivity index (χ2n) is 6.65. The maximum Gasteiger partial charge on any atom is 0.211 e. The molecule has 4 nitrogen and oxygen atoms in total. The molecular formula is C19H18N2O2. The predicted octanol–water partition coefficient (Wildman–Crippen LogP) is 4.61. The molecule has 2 aromatic carbocycles. The van der Waals surface area contributed by atoms with Crippen LogP contribution in [-0.2, 0) is 5.41 Å². The monoisotopic (exact) mass is 306 g/mol. The Morgan fingerprint density at radius 2 is 1.91 bits per heavy atom.